The molecule has 1 N–H and O–H groups in total. The van der Waals surface area contributed by atoms with E-state index in [2.05, 4.69) is 10.3 Å². The molecule has 2 saturated heterocycles. The van der Waals surface area contributed by atoms with Gasteiger partial charge in [0.25, 0.3) is 0 Å². The molecular formula is C20H23ClF3N3O5S2. The fourth-order valence-electron chi connectivity index (χ4n) is 3.50. The van der Waals surface area contributed by atoms with Crippen LogP contribution < -0.4 is 10.2 Å². The molecule has 2 aliphatic heterocycles. The lowest BCUT2D eigenvalue weighted by atomic mass is 10.1. The molecule has 34 heavy (non-hydrogen) atoms. The summed E-state index contributed by atoms with van der Waals surface area (Å²) in [5.41, 5.74) is -1.75. The highest BCUT2D eigenvalue weighted by Crippen LogP contribution is 2.43. The average Bonchev–Trinajstić information content (AvgIpc) is 3.10. The molecule has 0 aliphatic carbocycles. The molecule has 3 rings (SSSR count). The van der Waals surface area contributed by atoms with E-state index in [0.717, 1.165) is 23.9 Å². The van der Waals surface area contributed by atoms with Crippen molar-refractivity contribution in [2.75, 3.05) is 23.0 Å². The van der Waals surface area contributed by atoms with Crippen molar-refractivity contribution in [2.45, 2.75) is 50.3 Å². The fourth-order valence-corrected chi connectivity index (χ4v) is 7.65. The summed E-state index contributed by atoms with van der Waals surface area (Å²) in [4.78, 5) is 29.5. The second-order valence-electron chi connectivity index (χ2n) is 8.80. The number of carbonyl (C=O) groups is 2. The van der Waals surface area contributed by atoms with Crippen molar-refractivity contribution in [2.24, 2.45) is 4.99 Å². The van der Waals surface area contributed by atoms with E-state index >= 15 is 0 Å². The highest BCUT2D eigenvalue weighted by molar-refractivity contribution is 8.16. The Bertz CT molecular complexity index is 1120. The normalized spacial score (nSPS) is 23.1. The summed E-state index contributed by atoms with van der Waals surface area (Å²) >= 11 is 6.75. The number of fused-ring (bicyclic) bond motifs is 1. The van der Waals surface area contributed by atoms with Gasteiger partial charge in [-0.25, -0.2) is 13.2 Å². The number of alkyl carbamates (subject to hydrolysis) is 1. The molecule has 0 bridgehead atoms. The summed E-state index contributed by atoms with van der Waals surface area (Å²) in [5.74, 6) is -1.08. The first-order chi connectivity index (χ1) is 15.6. The van der Waals surface area contributed by atoms with Crippen LogP contribution >= 0.6 is 23.4 Å². The van der Waals surface area contributed by atoms with E-state index in [1.54, 1.807) is 20.8 Å². The first-order valence-corrected chi connectivity index (χ1v) is 13.2. The average molecular weight is 542 g/mol. The molecule has 0 radical (unpaired) electrons. The first kappa shape index (κ1) is 26.6. The maximum atomic E-state index is 13.4. The van der Waals surface area contributed by atoms with Crippen LogP contribution in [0.3, 0.4) is 0 Å². The number of anilines is 1. The van der Waals surface area contributed by atoms with Crippen LogP contribution in [0.2, 0.25) is 5.02 Å². The van der Waals surface area contributed by atoms with Crippen LogP contribution in [0.1, 0.15) is 32.8 Å². The van der Waals surface area contributed by atoms with E-state index in [4.69, 9.17) is 16.3 Å². The highest BCUT2D eigenvalue weighted by Gasteiger charge is 2.49. The number of amidine groups is 1. The number of benzene rings is 1. The van der Waals surface area contributed by atoms with Gasteiger partial charge in [0.15, 0.2) is 15.0 Å². The Kier molecular flexibility index (Phi) is 7.49. The molecule has 0 spiro atoms. The third-order valence-corrected chi connectivity index (χ3v) is 8.37. The summed E-state index contributed by atoms with van der Waals surface area (Å²) in [6, 6.07) is 2.55. The van der Waals surface area contributed by atoms with Gasteiger partial charge in [0.1, 0.15) is 5.60 Å². The van der Waals surface area contributed by atoms with Gasteiger partial charge in [-0.1, -0.05) is 23.4 Å². The summed E-state index contributed by atoms with van der Waals surface area (Å²) in [7, 11) is -3.40. The van der Waals surface area contributed by atoms with Crippen LogP contribution in [0, 0.1) is 0 Å². The molecule has 1 aromatic carbocycles. The van der Waals surface area contributed by atoms with Crippen molar-refractivity contribution in [1.29, 1.82) is 0 Å². The van der Waals surface area contributed by atoms with Gasteiger partial charge in [-0.3, -0.25) is 4.79 Å². The van der Waals surface area contributed by atoms with E-state index in [1.165, 1.54) is 11.0 Å². The molecule has 2 heterocycles. The van der Waals surface area contributed by atoms with Crippen LogP contribution in [-0.4, -0.2) is 60.5 Å². The molecular weight excluding hydrogens is 519 g/mol. The molecule has 1 aromatic rings. The van der Waals surface area contributed by atoms with E-state index in [0.29, 0.717) is 0 Å². The minimum absolute atomic E-state index is 0.0345. The zero-order chi connectivity index (χ0) is 25.5. The lowest BCUT2D eigenvalue weighted by Gasteiger charge is -2.25. The number of ether oxygens (including phenoxy) is 1. The van der Waals surface area contributed by atoms with E-state index in [1.807, 2.05) is 0 Å². The number of halogens is 4. The van der Waals surface area contributed by atoms with Crippen LogP contribution in [-0.2, 0) is 25.5 Å². The van der Waals surface area contributed by atoms with Crippen molar-refractivity contribution in [3.63, 3.8) is 0 Å². The summed E-state index contributed by atoms with van der Waals surface area (Å²) in [5, 5.41) is 1.54. The maximum absolute atomic E-state index is 13.4. The minimum atomic E-state index is -4.72. The van der Waals surface area contributed by atoms with Crippen molar-refractivity contribution in [1.82, 2.24) is 5.32 Å². The lowest BCUT2D eigenvalue weighted by Crippen LogP contribution is -2.38. The molecule has 0 saturated carbocycles. The van der Waals surface area contributed by atoms with Gasteiger partial charge >= 0.3 is 12.3 Å². The maximum Gasteiger partial charge on any atom is 0.417 e. The number of amides is 2. The van der Waals surface area contributed by atoms with Gasteiger partial charge in [0.2, 0.25) is 5.91 Å². The predicted octanol–water partition coefficient (Wildman–Crippen LogP) is 3.88. The van der Waals surface area contributed by atoms with E-state index < -0.39 is 55.5 Å². The molecule has 0 unspecified atom stereocenters. The van der Waals surface area contributed by atoms with Gasteiger partial charge < -0.3 is 15.0 Å². The van der Waals surface area contributed by atoms with E-state index in [-0.39, 0.29) is 35.3 Å². The van der Waals surface area contributed by atoms with Crippen LogP contribution in [0.15, 0.2) is 23.2 Å². The van der Waals surface area contributed by atoms with Crippen molar-refractivity contribution in [3.05, 3.63) is 28.8 Å². The number of hydrogen-bond acceptors (Lipinski definition) is 6. The molecule has 2 atom stereocenters. The van der Waals surface area contributed by atoms with Gasteiger partial charge in [-0.2, -0.15) is 18.2 Å². The second kappa shape index (κ2) is 9.57. The summed E-state index contributed by atoms with van der Waals surface area (Å²) < 4.78 is 69.5. The minimum Gasteiger partial charge on any atom is -0.444 e. The molecule has 2 amide bonds. The zero-order valence-corrected chi connectivity index (χ0v) is 20.9. The summed E-state index contributed by atoms with van der Waals surface area (Å²) in [6.45, 7) is 5.00. The number of alkyl halides is 3. The number of thioether (sulfide) groups is 1. The van der Waals surface area contributed by atoms with Gasteiger partial charge in [-0.15, -0.1) is 0 Å². The number of nitrogens with zero attached hydrogens (tertiary/aromatic N) is 2. The fraction of sp³-hybridized carbons (Fsp3) is 0.550. The topological polar surface area (TPSA) is 105 Å². The van der Waals surface area contributed by atoms with Crippen molar-refractivity contribution in [3.8, 4) is 0 Å². The smallest absolute Gasteiger partial charge is 0.417 e. The summed E-state index contributed by atoms with van der Waals surface area (Å²) in [6.07, 6.45) is -5.61. The Morgan fingerprint density at radius 1 is 1.26 bits per heavy atom. The largest absolute Gasteiger partial charge is 0.444 e. The highest BCUT2D eigenvalue weighted by atomic mass is 35.5. The van der Waals surface area contributed by atoms with Gasteiger partial charge in [0.05, 0.1) is 28.1 Å². The Morgan fingerprint density at radius 2 is 1.94 bits per heavy atom. The monoisotopic (exact) mass is 541 g/mol. The number of carbonyl (C=O) groups excluding carboxylic acids is 2. The third-order valence-electron chi connectivity index (χ3n) is 4.83. The number of nitrogens with one attached hydrogen (secondary N) is 1. The van der Waals surface area contributed by atoms with Crippen LogP contribution in [0.5, 0.6) is 0 Å². The third kappa shape index (κ3) is 6.57. The molecule has 2 fully saturated rings. The molecule has 14 heteroatoms. The predicted molar refractivity (Wildman–Crippen MR) is 124 cm³/mol. The Balaban J connectivity index is 1.82. The van der Waals surface area contributed by atoms with E-state index in [9.17, 15) is 31.2 Å². The zero-order valence-electron chi connectivity index (χ0n) is 18.5. The van der Waals surface area contributed by atoms with Gasteiger partial charge in [-0.05, 0) is 39.0 Å². The molecule has 0 aromatic heterocycles. The van der Waals surface area contributed by atoms with Gasteiger partial charge in [0, 0.05) is 23.9 Å². The van der Waals surface area contributed by atoms with Crippen LogP contribution in [0.4, 0.5) is 23.7 Å². The molecule has 2 aliphatic rings. The second-order valence-corrected chi connectivity index (χ2v) is 12.6. The number of hydrogen-bond donors (Lipinski definition) is 1. The first-order valence-electron chi connectivity index (χ1n) is 10.2. The Hall–Kier alpha value is -1.99. The Morgan fingerprint density at radius 3 is 2.56 bits per heavy atom. The van der Waals surface area contributed by atoms with Crippen molar-refractivity contribution >= 4 is 56.1 Å². The molecule has 8 nitrogen and oxygen atoms in total. The van der Waals surface area contributed by atoms with Crippen molar-refractivity contribution < 1.29 is 35.9 Å². The lowest BCUT2D eigenvalue weighted by molar-refractivity contribution is -0.137. The number of sulfone groups is 1. The quantitative estimate of drug-likeness (QED) is 0.617. The standard InChI is InChI=1S/C20H23ClF3N3O5S2/c1-19(2,3)32-18(29)25-7-6-16(28)26-17-27(14-9-34(30,31)10-15(14)33-17)11-4-5-13(21)12(8-11)20(22,23)24/h4-5,8,14-15H,6-7,9-10H2,1-3H3,(H,25,29)/t14-,15+/m0/s1. The number of rotatable bonds is 4. The SMILES string of the molecule is CC(C)(C)OC(=O)NCCC(=O)N=C1S[C@@H]2CS(=O)(=O)C[C@@H]2N1c1ccc(Cl)c(C(F)(F)F)c1. The number of aliphatic imine (C=N–C) groups is 1. The molecule has 188 valence electrons. The van der Waals surface area contributed by atoms with Crippen LogP contribution in [0.25, 0.3) is 0 Å². The Labute approximate surface area is 204 Å².